The molecule has 0 bridgehead atoms. The highest BCUT2D eigenvalue weighted by molar-refractivity contribution is 4.64. The minimum atomic E-state index is -0.0231. The van der Waals surface area contributed by atoms with Gasteiger partial charge in [-0.15, -0.1) is 0 Å². The van der Waals surface area contributed by atoms with Crippen LogP contribution < -0.4 is 0 Å². The lowest BCUT2D eigenvalue weighted by Gasteiger charge is -2.11. The topological polar surface area (TPSA) is 21.7 Å². The van der Waals surface area contributed by atoms with Crippen molar-refractivity contribution >= 4 is 0 Å². The first-order valence-corrected chi connectivity index (χ1v) is 3.16. The minimum absolute atomic E-state index is 0.0231. The van der Waals surface area contributed by atoms with Gasteiger partial charge in [-0.25, -0.2) is 0 Å². The Morgan fingerprint density at radius 1 is 1.67 bits per heavy atom. The molecule has 0 aromatic rings. The number of hydroxylamine groups is 2. The minimum Gasteiger partial charge on any atom is -0.354 e. The predicted molar refractivity (Wildman–Crippen MR) is 33.7 cm³/mol. The molecule has 54 valence electrons. The van der Waals surface area contributed by atoms with Crippen LogP contribution in [0.1, 0.15) is 13.3 Å². The molecule has 1 aliphatic rings. The van der Waals surface area contributed by atoms with Crippen molar-refractivity contribution in [3.05, 3.63) is 0 Å². The molecular weight excluding hydrogens is 118 g/mol. The fraction of sp³-hybridized carbons (Fsp3) is 1.00. The monoisotopic (exact) mass is 131 g/mol. The van der Waals surface area contributed by atoms with Crippen molar-refractivity contribution in [1.29, 1.82) is 0 Å². The number of methoxy groups -OCH3 is 1. The van der Waals surface area contributed by atoms with Crippen LogP contribution in [0.2, 0.25) is 0 Å². The van der Waals surface area contributed by atoms with Crippen LogP contribution in [-0.2, 0) is 9.57 Å². The van der Waals surface area contributed by atoms with E-state index in [2.05, 4.69) is 6.92 Å². The quantitative estimate of drug-likeness (QED) is 0.520. The fourth-order valence-corrected chi connectivity index (χ4v) is 0.899. The molecular formula is C6H13NO2. The molecule has 0 amide bonds. The Morgan fingerprint density at radius 2 is 2.33 bits per heavy atom. The van der Waals surface area contributed by atoms with Crippen LogP contribution in [0, 0.1) is 0 Å². The van der Waals surface area contributed by atoms with E-state index in [0.717, 1.165) is 6.42 Å². The zero-order valence-corrected chi connectivity index (χ0v) is 6.13. The summed E-state index contributed by atoms with van der Waals surface area (Å²) in [4.78, 5) is 5.23. The van der Waals surface area contributed by atoms with Crippen LogP contribution in [0.3, 0.4) is 0 Å². The normalized spacial score (nSPS) is 37.7. The van der Waals surface area contributed by atoms with Crippen molar-refractivity contribution in [3.63, 3.8) is 0 Å². The van der Waals surface area contributed by atoms with Crippen molar-refractivity contribution in [1.82, 2.24) is 5.06 Å². The summed E-state index contributed by atoms with van der Waals surface area (Å²) in [5.74, 6) is 0. The Morgan fingerprint density at radius 3 is 2.56 bits per heavy atom. The third-order valence-electron chi connectivity index (χ3n) is 1.70. The van der Waals surface area contributed by atoms with Gasteiger partial charge in [0, 0.05) is 26.6 Å². The van der Waals surface area contributed by atoms with Gasteiger partial charge in [0.05, 0.1) is 0 Å². The van der Waals surface area contributed by atoms with Crippen molar-refractivity contribution in [2.45, 2.75) is 25.7 Å². The molecule has 3 nitrogen and oxygen atoms in total. The van der Waals surface area contributed by atoms with E-state index in [-0.39, 0.29) is 6.29 Å². The first-order chi connectivity index (χ1) is 4.24. The van der Waals surface area contributed by atoms with Gasteiger partial charge in [-0.3, -0.25) is 4.84 Å². The molecule has 0 aromatic heterocycles. The highest BCUT2D eigenvalue weighted by Gasteiger charge is 2.26. The fourth-order valence-electron chi connectivity index (χ4n) is 0.899. The highest BCUT2D eigenvalue weighted by atomic mass is 16.8. The summed E-state index contributed by atoms with van der Waals surface area (Å²) in [5.41, 5.74) is 0. The van der Waals surface area contributed by atoms with E-state index in [1.807, 2.05) is 12.1 Å². The van der Waals surface area contributed by atoms with Gasteiger partial charge in [0.15, 0.2) is 6.29 Å². The van der Waals surface area contributed by atoms with E-state index >= 15 is 0 Å². The average molecular weight is 131 g/mol. The number of hydrogen-bond acceptors (Lipinski definition) is 3. The third kappa shape index (κ3) is 1.41. The van der Waals surface area contributed by atoms with Gasteiger partial charge < -0.3 is 4.74 Å². The smallest absolute Gasteiger partial charge is 0.178 e. The third-order valence-corrected chi connectivity index (χ3v) is 1.70. The Balaban J connectivity index is 2.35. The zero-order chi connectivity index (χ0) is 6.85. The van der Waals surface area contributed by atoms with Crippen molar-refractivity contribution < 1.29 is 9.57 Å². The molecule has 0 aliphatic carbocycles. The summed E-state index contributed by atoms with van der Waals surface area (Å²) >= 11 is 0. The molecule has 1 aliphatic heterocycles. The van der Waals surface area contributed by atoms with Crippen LogP contribution in [0.5, 0.6) is 0 Å². The van der Waals surface area contributed by atoms with E-state index in [9.17, 15) is 0 Å². The molecule has 0 spiro atoms. The Labute approximate surface area is 55.5 Å². The summed E-state index contributed by atoms with van der Waals surface area (Å²) in [5, 5.41) is 1.83. The second kappa shape index (κ2) is 2.64. The zero-order valence-electron chi connectivity index (χ0n) is 6.13. The molecule has 0 radical (unpaired) electrons. The van der Waals surface area contributed by atoms with Crippen LogP contribution in [0.25, 0.3) is 0 Å². The van der Waals surface area contributed by atoms with Gasteiger partial charge in [-0.1, -0.05) is 0 Å². The standard InChI is InChI=1S/C6H13NO2/c1-5-4-6(8-3)9-7(5)2/h5-6H,4H2,1-3H3/t5-,6+/m0/s1. The number of ether oxygens (including phenoxy) is 1. The van der Waals surface area contributed by atoms with Gasteiger partial charge in [0.1, 0.15) is 0 Å². The largest absolute Gasteiger partial charge is 0.354 e. The van der Waals surface area contributed by atoms with Gasteiger partial charge in [0.25, 0.3) is 0 Å². The molecule has 1 saturated heterocycles. The van der Waals surface area contributed by atoms with Crippen LogP contribution in [0.4, 0.5) is 0 Å². The number of nitrogens with zero attached hydrogens (tertiary/aromatic N) is 1. The van der Waals surface area contributed by atoms with Gasteiger partial charge in [0.2, 0.25) is 0 Å². The molecule has 0 N–H and O–H groups in total. The van der Waals surface area contributed by atoms with Crippen LogP contribution >= 0.6 is 0 Å². The summed E-state index contributed by atoms with van der Waals surface area (Å²) in [6, 6.07) is 0.481. The van der Waals surface area contributed by atoms with E-state index in [0.29, 0.717) is 6.04 Å². The maximum Gasteiger partial charge on any atom is 0.178 e. The van der Waals surface area contributed by atoms with Crippen LogP contribution in [-0.4, -0.2) is 31.6 Å². The van der Waals surface area contributed by atoms with Gasteiger partial charge >= 0.3 is 0 Å². The number of hydrogen-bond donors (Lipinski definition) is 0. The maximum atomic E-state index is 5.23. The molecule has 0 unspecified atom stereocenters. The molecule has 0 saturated carbocycles. The summed E-state index contributed by atoms with van der Waals surface area (Å²) in [7, 11) is 3.58. The number of rotatable bonds is 1. The van der Waals surface area contributed by atoms with E-state index in [4.69, 9.17) is 9.57 Å². The SMILES string of the molecule is CO[C@H]1C[C@H](C)N(C)O1. The van der Waals surface area contributed by atoms with Crippen molar-refractivity contribution in [2.75, 3.05) is 14.2 Å². The first kappa shape index (κ1) is 6.99. The Kier molecular flexibility index (Phi) is 2.05. The molecule has 1 fully saturated rings. The molecule has 2 atom stereocenters. The van der Waals surface area contributed by atoms with Crippen molar-refractivity contribution in [2.24, 2.45) is 0 Å². The lowest BCUT2D eigenvalue weighted by molar-refractivity contribution is -0.218. The average Bonchev–Trinajstić information content (AvgIpc) is 2.13. The summed E-state index contributed by atoms with van der Waals surface area (Å²) in [6.07, 6.45) is 0.942. The van der Waals surface area contributed by atoms with Gasteiger partial charge in [-0.05, 0) is 6.92 Å². The summed E-state index contributed by atoms with van der Waals surface area (Å²) in [6.45, 7) is 2.11. The highest BCUT2D eigenvalue weighted by Crippen LogP contribution is 2.18. The summed E-state index contributed by atoms with van der Waals surface area (Å²) < 4.78 is 4.99. The predicted octanol–water partition coefficient (Wildman–Crippen LogP) is 0.614. The molecule has 0 aromatic carbocycles. The second-order valence-corrected chi connectivity index (χ2v) is 2.40. The molecule has 9 heavy (non-hydrogen) atoms. The second-order valence-electron chi connectivity index (χ2n) is 2.40. The lowest BCUT2D eigenvalue weighted by Crippen LogP contribution is -2.20. The van der Waals surface area contributed by atoms with E-state index < -0.39 is 0 Å². The molecule has 1 rings (SSSR count). The lowest BCUT2D eigenvalue weighted by atomic mass is 10.2. The molecule has 1 heterocycles. The van der Waals surface area contributed by atoms with Crippen molar-refractivity contribution in [3.8, 4) is 0 Å². The Hall–Kier alpha value is -0.120. The Bertz CT molecular complexity index is 87.1. The van der Waals surface area contributed by atoms with E-state index in [1.54, 1.807) is 7.11 Å². The van der Waals surface area contributed by atoms with E-state index in [1.165, 1.54) is 0 Å². The van der Waals surface area contributed by atoms with Crippen LogP contribution in [0.15, 0.2) is 0 Å². The van der Waals surface area contributed by atoms with Gasteiger partial charge in [-0.2, -0.15) is 5.06 Å². The molecule has 3 heteroatoms. The first-order valence-electron chi connectivity index (χ1n) is 3.16. The maximum absolute atomic E-state index is 5.23.